The molecule has 3 rings (SSSR count). The van der Waals surface area contributed by atoms with E-state index in [1.54, 1.807) is 0 Å². The van der Waals surface area contributed by atoms with E-state index < -0.39 is 11.7 Å². The molecular formula is C27H35N3O3. The summed E-state index contributed by atoms with van der Waals surface area (Å²) in [5, 5.41) is 13.8. The van der Waals surface area contributed by atoms with Gasteiger partial charge in [-0.3, -0.25) is 4.79 Å². The lowest BCUT2D eigenvalue weighted by atomic mass is 9.96. The monoisotopic (exact) mass is 449 g/mol. The molecule has 0 aliphatic rings. The second kappa shape index (κ2) is 10.7. The van der Waals surface area contributed by atoms with E-state index in [-0.39, 0.29) is 17.9 Å². The van der Waals surface area contributed by atoms with Crippen LogP contribution in [0.15, 0.2) is 54.6 Å². The second-order valence-electron chi connectivity index (χ2n) is 9.62. The molecule has 3 aromatic carbocycles. The molecule has 0 aromatic heterocycles. The van der Waals surface area contributed by atoms with Crippen molar-refractivity contribution >= 4 is 33.5 Å². The van der Waals surface area contributed by atoms with Gasteiger partial charge in [-0.2, -0.15) is 0 Å². The summed E-state index contributed by atoms with van der Waals surface area (Å²) >= 11 is 0. The average molecular weight is 450 g/mol. The van der Waals surface area contributed by atoms with Crippen LogP contribution >= 0.6 is 0 Å². The first kappa shape index (κ1) is 24.5. The molecule has 0 heterocycles. The molecule has 33 heavy (non-hydrogen) atoms. The zero-order valence-corrected chi connectivity index (χ0v) is 20.2. The maximum atomic E-state index is 12.9. The second-order valence-corrected chi connectivity index (χ2v) is 9.62. The van der Waals surface area contributed by atoms with Crippen molar-refractivity contribution in [1.29, 1.82) is 0 Å². The van der Waals surface area contributed by atoms with Crippen molar-refractivity contribution < 1.29 is 14.3 Å². The summed E-state index contributed by atoms with van der Waals surface area (Å²) in [5.74, 6) is 0.0191. The first-order chi connectivity index (χ1) is 15.7. The smallest absolute Gasteiger partial charge is 0.407 e. The topological polar surface area (TPSA) is 79.5 Å². The Bertz CT molecular complexity index is 1060. The minimum absolute atomic E-state index is 0.0828. The third kappa shape index (κ3) is 6.68. The highest BCUT2D eigenvalue weighted by molar-refractivity contribution is 6.02. The van der Waals surface area contributed by atoms with Gasteiger partial charge in [0.15, 0.2) is 0 Å². The molecule has 0 saturated heterocycles. The van der Waals surface area contributed by atoms with Crippen molar-refractivity contribution in [2.45, 2.75) is 52.8 Å². The third-order valence-electron chi connectivity index (χ3n) is 5.42. The Kier molecular flexibility index (Phi) is 7.92. The Morgan fingerprint density at radius 1 is 0.879 bits per heavy atom. The van der Waals surface area contributed by atoms with Crippen LogP contribution in [0.2, 0.25) is 0 Å². The van der Waals surface area contributed by atoms with Crippen LogP contribution in [0.3, 0.4) is 0 Å². The summed E-state index contributed by atoms with van der Waals surface area (Å²) in [7, 11) is 0. The normalized spacial score (nSPS) is 12.7. The number of ether oxygens (including phenoxy) is 1. The van der Waals surface area contributed by atoms with Gasteiger partial charge in [-0.15, -0.1) is 0 Å². The number of carbonyl (C=O) groups is 2. The molecule has 0 unspecified atom stereocenters. The van der Waals surface area contributed by atoms with Crippen LogP contribution in [0.4, 0.5) is 4.79 Å². The van der Waals surface area contributed by atoms with Gasteiger partial charge in [0.05, 0.1) is 6.04 Å². The number of carbonyl (C=O) groups excluding carboxylic acids is 2. The maximum absolute atomic E-state index is 12.9. The zero-order chi connectivity index (χ0) is 24.0. The van der Waals surface area contributed by atoms with Crippen LogP contribution < -0.4 is 16.0 Å². The van der Waals surface area contributed by atoms with E-state index in [0.717, 1.165) is 0 Å². The molecule has 0 spiro atoms. The van der Waals surface area contributed by atoms with Crippen LogP contribution in [-0.2, 0) is 16.1 Å². The number of rotatable bonds is 8. The zero-order valence-electron chi connectivity index (χ0n) is 20.2. The van der Waals surface area contributed by atoms with Crippen molar-refractivity contribution in [3.63, 3.8) is 0 Å². The highest BCUT2D eigenvalue weighted by Crippen LogP contribution is 2.28. The minimum Gasteiger partial charge on any atom is -0.444 e. The lowest BCUT2D eigenvalue weighted by Crippen LogP contribution is -2.48. The fourth-order valence-corrected chi connectivity index (χ4v) is 3.92. The molecule has 0 saturated carbocycles. The highest BCUT2D eigenvalue weighted by atomic mass is 16.6. The van der Waals surface area contributed by atoms with Gasteiger partial charge in [0.2, 0.25) is 5.91 Å². The number of amides is 2. The van der Waals surface area contributed by atoms with E-state index >= 15 is 0 Å². The van der Waals surface area contributed by atoms with Crippen LogP contribution in [0.1, 0.15) is 40.2 Å². The lowest BCUT2D eigenvalue weighted by molar-refractivity contribution is -0.124. The van der Waals surface area contributed by atoms with Crippen LogP contribution in [-0.4, -0.2) is 36.7 Å². The van der Waals surface area contributed by atoms with Crippen molar-refractivity contribution in [3.8, 4) is 0 Å². The van der Waals surface area contributed by atoms with Crippen molar-refractivity contribution in [1.82, 2.24) is 16.0 Å². The molecule has 6 heteroatoms. The Balaban J connectivity index is 1.65. The number of fused-ring (bicyclic) bond motifs is 2. The Morgan fingerprint density at radius 2 is 1.42 bits per heavy atom. The number of nitrogens with one attached hydrogen (secondary N) is 3. The molecule has 2 amide bonds. The molecule has 0 aliphatic carbocycles. The van der Waals surface area contributed by atoms with Crippen molar-refractivity contribution in [3.05, 3.63) is 60.2 Å². The predicted molar refractivity (Wildman–Crippen MR) is 134 cm³/mol. The van der Waals surface area contributed by atoms with Crippen LogP contribution in [0.25, 0.3) is 21.5 Å². The molecule has 6 nitrogen and oxygen atoms in total. The van der Waals surface area contributed by atoms with E-state index in [9.17, 15) is 9.59 Å². The summed E-state index contributed by atoms with van der Waals surface area (Å²) in [6.45, 7) is 10.7. The predicted octanol–water partition coefficient (Wildman–Crippen LogP) is 4.75. The standard InChI is InChI=1S/C27H35N3O3/c1-18(2)24(25(31)28-14-15-29-26(32)33-27(3,4)5)30-17-23-21-12-8-6-10-19(21)16-20-11-7-9-13-22(20)23/h6-13,16,18,24,30H,14-15,17H2,1-5H3,(H,28,31)(H,29,32)/t24-/m0/s1. The molecule has 0 radical (unpaired) electrons. The van der Waals surface area contributed by atoms with E-state index in [1.807, 2.05) is 58.9 Å². The van der Waals surface area contributed by atoms with E-state index in [4.69, 9.17) is 4.74 Å². The maximum Gasteiger partial charge on any atom is 0.407 e. The van der Waals surface area contributed by atoms with E-state index in [1.165, 1.54) is 27.1 Å². The van der Waals surface area contributed by atoms with Crippen LogP contribution in [0.5, 0.6) is 0 Å². The van der Waals surface area contributed by atoms with Gasteiger partial charge in [-0.1, -0.05) is 62.4 Å². The summed E-state index contributed by atoms with van der Waals surface area (Å²) in [6.07, 6.45) is -0.488. The van der Waals surface area contributed by atoms with E-state index in [0.29, 0.717) is 19.6 Å². The number of hydrogen-bond donors (Lipinski definition) is 3. The van der Waals surface area contributed by atoms with Gasteiger partial charge < -0.3 is 20.7 Å². The fraction of sp³-hybridized carbons (Fsp3) is 0.407. The first-order valence-corrected chi connectivity index (χ1v) is 11.5. The number of hydrogen-bond acceptors (Lipinski definition) is 4. The SMILES string of the molecule is CC(C)[C@H](NCc1c2ccccc2cc2ccccc12)C(=O)NCCNC(=O)OC(C)(C)C. The summed E-state index contributed by atoms with van der Waals surface area (Å²) in [6, 6.07) is 18.5. The Morgan fingerprint density at radius 3 is 1.97 bits per heavy atom. The van der Waals surface area contributed by atoms with Crippen molar-refractivity contribution in [2.24, 2.45) is 5.92 Å². The molecule has 0 fully saturated rings. The minimum atomic E-state index is -0.550. The molecule has 3 N–H and O–H groups in total. The summed E-state index contributed by atoms with van der Waals surface area (Å²) in [5.41, 5.74) is 0.639. The third-order valence-corrected chi connectivity index (χ3v) is 5.42. The summed E-state index contributed by atoms with van der Waals surface area (Å²) < 4.78 is 5.21. The lowest BCUT2D eigenvalue weighted by Gasteiger charge is -2.23. The van der Waals surface area contributed by atoms with Gasteiger partial charge in [0.1, 0.15) is 5.60 Å². The van der Waals surface area contributed by atoms with Crippen molar-refractivity contribution in [2.75, 3.05) is 13.1 Å². The molecule has 1 atom stereocenters. The number of alkyl carbamates (subject to hydrolysis) is 1. The molecule has 3 aromatic rings. The molecular weight excluding hydrogens is 414 g/mol. The summed E-state index contributed by atoms with van der Waals surface area (Å²) in [4.78, 5) is 24.6. The average Bonchev–Trinajstić information content (AvgIpc) is 2.74. The van der Waals surface area contributed by atoms with E-state index in [2.05, 4.69) is 46.3 Å². The van der Waals surface area contributed by atoms with Gasteiger partial charge >= 0.3 is 6.09 Å². The molecule has 0 aliphatic heterocycles. The quantitative estimate of drug-likeness (QED) is 0.343. The van der Waals surface area contributed by atoms with Gasteiger partial charge in [0.25, 0.3) is 0 Å². The Labute approximate surface area is 196 Å². The van der Waals surface area contributed by atoms with Gasteiger partial charge in [-0.05, 0) is 59.9 Å². The fourth-order valence-electron chi connectivity index (χ4n) is 3.92. The van der Waals surface area contributed by atoms with Crippen LogP contribution in [0, 0.1) is 5.92 Å². The molecule has 0 bridgehead atoms. The number of benzene rings is 3. The van der Waals surface area contributed by atoms with Gasteiger partial charge in [-0.25, -0.2) is 4.79 Å². The molecule has 176 valence electrons. The largest absolute Gasteiger partial charge is 0.444 e. The first-order valence-electron chi connectivity index (χ1n) is 11.5. The highest BCUT2D eigenvalue weighted by Gasteiger charge is 2.22. The Hall–Kier alpha value is -3.12. The van der Waals surface area contributed by atoms with Gasteiger partial charge in [0, 0.05) is 19.6 Å².